The number of ether oxygens (including phenoxy) is 1. The third kappa shape index (κ3) is 4.05. The number of nitrogens with zero attached hydrogens (tertiary/aromatic N) is 4. The third-order valence-corrected chi connectivity index (χ3v) is 3.85. The van der Waals surface area contributed by atoms with E-state index >= 15 is 0 Å². The first kappa shape index (κ1) is 15.0. The maximum atomic E-state index is 11.1. The molecular weight excluding hydrogens is 256 g/mol. The van der Waals surface area contributed by atoms with Crippen LogP contribution in [0.5, 0.6) is 0 Å². The zero-order valence-electron chi connectivity index (χ0n) is 12.4. The van der Waals surface area contributed by atoms with Crippen molar-refractivity contribution < 1.29 is 9.53 Å². The van der Waals surface area contributed by atoms with Gasteiger partial charge in [0.15, 0.2) is 0 Å². The van der Waals surface area contributed by atoms with Crippen molar-refractivity contribution >= 4 is 5.97 Å². The molecule has 2 rings (SSSR count). The van der Waals surface area contributed by atoms with Gasteiger partial charge in [-0.25, -0.2) is 4.98 Å². The molecule has 0 bridgehead atoms. The fraction of sp³-hybridized carbons (Fsp3) is 0.714. The van der Waals surface area contributed by atoms with E-state index in [9.17, 15) is 4.79 Å². The Hall–Kier alpha value is -1.40. The Kier molecular flexibility index (Phi) is 5.55. The fourth-order valence-electron chi connectivity index (χ4n) is 2.52. The van der Waals surface area contributed by atoms with E-state index in [1.807, 2.05) is 12.5 Å². The van der Waals surface area contributed by atoms with Crippen LogP contribution in [0.15, 0.2) is 12.5 Å². The Labute approximate surface area is 120 Å². The Morgan fingerprint density at radius 1 is 1.30 bits per heavy atom. The molecule has 0 spiro atoms. The first-order chi connectivity index (χ1) is 9.72. The van der Waals surface area contributed by atoms with E-state index in [0.717, 1.165) is 45.8 Å². The second kappa shape index (κ2) is 7.40. The van der Waals surface area contributed by atoms with Crippen molar-refractivity contribution in [1.82, 2.24) is 19.4 Å². The molecule has 112 valence electrons. The van der Waals surface area contributed by atoms with Crippen LogP contribution in [0.1, 0.15) is 19.0 Å². The Morgan fingerprint density at radius 3 is 2.65 bits per heavy atom. The lowest BCUT2D eigenvalue weighted by atomic mass is 10.2. The molecular formula is C14H24N4O2. The predicted molar refractivity (Wildman–Crippen MR) is 76.3 cm³/mol. The second-order valence-electron chi connectivity index (χ2n) is 5.11. The minimum Gasteiger partial charge on any atom is -0.469 e. The molecule has 0 saturated carbocycles. The molecule has 1 aromatic heterocycles. The number of aryl methyl sites for hydroxylation is 1. The smallest absolute Gasteiger partial charge is 0.306 e. The molecule has 0 N–H and O–H groups in total. The fourth-order valence-corrected chi connectivity index (χ4v) is 2.52. The summed E-state index contributed by atoms with van der Waals surface area (Å²) in [7, 11) is 1.44. The highest BCUT2D eigenvalue weighted by molar-refractivity contribution is 5.69. The van der Waals surface area contributed by atoms with Crippen LogP contribution in [0.3, 0.4) is 0 Å². The number of imidazole rings is 1. The first-order valence-electron chi connectivity index (χ1n) is 7.23. The summed E-state index contributed by atoms with van der Waals surface area (Å²) in [6, 6.07) is 0. The summed E-state index contributed by atoms with van der Waals surface area (Å²) < 4.78 is 6.86. The molecule has 1 fully saturated rings. The van der Waals surface area contributed by atoms with Gasteiger partial charge >= 0.3 is 5.97 Å². The molecule has 0 amide bonds. The second-order valence-corrected chi connectivity index (χ2v) is 5.11. The number of hydrogen-bond acceptors (Lipinski definition) is 5. The van der Waals surface area contributed by atoms with Gasteiger partial charge in [-0.3, -0.25) is 9.69 Å². The van der Waals surface area contributed by atoms with Gasteiger partial charge in [-0.2, -0.15) is 0 Å². The van der Waals surface area contributed by atoms with Crippen molar-refractivity contribution in [3.63, 3.8) is 0 Å². The van der Waals surface area contributed by atoms with Crippen LogP contribution in [-0.4, -0.2) is 65.2 Å². The summed E-state index contributed by atoms with van der Waals surface area (Å²) in [5, 5.41) is 0. The average Bonchev–Trinajstić information content (AvgIpc) is 2.93. The van der Waals surface area contributed by atoms with E-state index in [4.69, 9.17) is 0 Å². The van der Waals surface area contributed by atoms with Crippen LogP contribution >= 0.6 is 0 Å². The van der Waals surface area contributed by atoms with Crippen LogP contribution in [0, 0.1) is 0 Å². The molecule has 6 nitrogen and oxygen atoms in total. The molecule has 0 aromatic carbocycles. The van der Waals surface area contributed by atoms with E-state index in [1.54, 1.807) is 0 Å². The monoisotopic (exact) mass is 280 g/mol. The van der Waals surface area contributed by atoms with Gasteiger partial charge in [-0.05, 0) is 6.92 Å². The van der Waals surface area contributed by atoms with Crippen molar-refractivity contribution in [3.8, 4) is 0 Å². The van der Waals surface area contributed by atoms with E-state index in [2.05, 4.69) is 31.0 Å². The maximum absolute atomic E-state index is 11.1. The molecule has 0 radical (unpaired) electrons. The van der Waals surface area contributed by atoms with Gasteiger partial charge in [0.05, 0.1) is 25.6 Å². The van der Waals surface area contributed by atoms with E-state index in [-0.39, 0.29) is 5.97 Å². The molecule has 0 aliphatic carbocycles. The normalized spacial score (nSPS) is 17.3. The van der Waals surface area contributed by atoms with Crippen molar-refractivity contribution in [1.29, 1.82) is 0 Å². The van der Waals surface area contributed by atoms with E-state index in [1.165, 1.54) is 12.8 Å². The van der Waals surface area contributed by atoms with Gasteiger partial charge in [0.1, 0.15) is 0 Å². The lowest BCUT2D eigenvalue weighted by molar-refractivity contribution is -0.141. The number of carbonyl (C=O) groups excluding carboxylic acids is 1. The maximum Gasteiger partial charge on any atom is 0.306 e. The molecule has 0 atom stereocenters. The molecule has 2 heterocycles. The van der Waals surface area contributed by atoms with Crippen molar-refractivity contribution in [2.45, 2.75) is 26.4 Å². The molecule has 1 aliphatic heterocycles. The highest BCUT2D eigenvalue weighted by atomic mass is 16.5. The van der Waals surface area contributed by atoms with Gasteiger partial charge in [-0.15, -0.1) is 0 Å². The molecule has 6 heteroatoms. The number of carbonyl (C=O) groups is 1. The summed E-state index contributed by atoms with van der Waals surface area (Å²) in [5.41, 5.74) is 1.27. The lowest BCUT2D eigenvalue weighted by Crippen LogP contribution is -2.46. The minimum atomic E-state index is -0.126. The average molecular weight is 280 g/mol. The number of piperazine rings is 1. The van der Waals surface area contributed by atoms with Crippen LogP contribution in [0.4, 0.5) is 0 Å². The molecule has 1 saturated heterocycles. The summed E-state index contributed by atoms with van der Waals surface area (Å²) >= 11 is 0. The molecule has 1 aliphatic rings. The largest absolute Gasteiger partial charge is 0.469 e. The number of hydrogen-bond donors (Lipinski definition) is 0. The first-order valence-corrected chi connectivity index (χ1v) is 7.23. The summed E-state index contributed by atoms with van der Waals surface area (Å²) in [5.74, 6) is -0.126. The highest BCUT2D eigenvalue weighted by Crippen LogP contribution is 2.09. The molecule has 0 unspecified atom stereocenters. The summed E-state index contributed by atoms with van der Waals surface area (Å²) in [6.07, 6.45) is 4.33. The summed E-state index contributed by atoms with van der Waals surface area (Å²) in [4.78, 5) is 20.1. The molecule has 20 heavy (non-hydrogen) atoms. The van der Waals surface area contributed by atoms with Crippen molar-refractivity contribution in [2.24, 2.45) is 0 Å². The zero-order valence-corrected chi connectivity index (χ0v) is 12.4. The topological polar surface area (TPSA) is 50.6 Å². The third-order valence-electron chi connectivity index (χ3n) is 3.85. The number of esters is 1. The van der Waals surface area contributed by atoms with Gasteiger partial charge in [0, 0.05) is 52.0 Å². The van der Waals surface area contributed by atoms with Crippen molar-refractivity contribution in [3.05, 3.63) is 18.2 Å². The SMILES string of the molecule is CCn1cncc1CN1CCN(CCC(=O)OC)CC1. The zero-order chi connectivity index (χ0) is 14.4. The van der Waals surface area contributed by atoms with Gasteiger partial charge in [0.25, 0.3) is 0 Å². The Bertz CT molecular complexity index is 425. The predicted octanol–water partition coefficient (Wildman–Crippen LogP) is 0.584. The number of rotatable bonds is 6. The van der Waals surface area contributed by atoms with Crippen LogP contribution < -0.4 is 0 Å². The standard InChI is InChI=1S/C14H24N4O2/c1-3-18-12-15-10-13(18)11-17-8-6-16(7-9-17)5-4-14(19)20-2/h10,12H,3-9,11H2,1-2H3. The lowest BCUT2D eigenvalue weighted by Gasteiger charge is -2.34. The van der Waals surface area contributed by atoms with Crippen LogP contribution in [0.25, 0.3) is 0 Å². The Morgan fingerprint density at radius 2 is 2.00 bits per heavy atom. The van der Waals surface area contributed by atoms with Gasteiger partial charge < -0.3 is 14.2 Å². The summed E-state index contributed by atoms with van der Waals surface area (Å²) in [6.45, 7) is 8.96. The highest BCUT2D eigenvalue weighted by Gasteiger charge is 2.18. The van der Waals surface area contributed by atoms with E-state index < -0.39 is 0 Å². The minimum absolute atomic E-state index is 0.126. The quantitative estimate of drug-likeness (QED) is 0.714. The number of methoxy groups -OCH3 is 1. The van der Waals surface area contributed by atoms with E-state index in [0.29, 0.717) is 6.42 Å². The number of aromatic nitrogens is 2. The Balaban J connectivity index is 1.73. The van der Waals surface area contributed by atoms with Crippen LogP contribution in [-0.2, 0) is 22.6 Å². The van der Waals surface area contributed by atoms with Gasteiger partial charge in [-0.1, -0.05) is 0 Å². The van der Waals surface area contributed by atoms with Crippen LogP contribution in [0.2, 0.25) is 0 Å². The van der Waals surface area contributed by atoms with Crippen molar-refractivity contribution in [2.75, 3.05) is 39.8 Å². The van der Waals surface area contributed by atoms with Gasteiger partial charge in [0.2, 0.25) is 0 Å². The molecule has 1 aromatic rings.